The molecule has 0 fully saturated rings. The summed E-state index contributed by atoms with van der Waals surface area (Å²) in [5.41, 5.74) is 8.87. The summed E-state index contributed by atoms with van der Waals surface area (Å²) in [6.07, 6.45) is 2.27. The van der Waals surface area contributed by atoms with E-state index in [0.29, 0.717) is 0 Å². The van der Waals surface area contributed by atoms with E-state index in [1.54, 1.807) is 0 Å². The summed E-state index contributed by atoms with van der Waals surface area (Å²) in [7, 11) is 6.37. The minimum atomic E-state index is 0.107. The summed E-state index contributed by atoms with van der Waals surface area (Å²) >= 11 is 0. The molecule has 2 N–H and O–H groups in total. The Hall–Kier alpha value is -0.900. The lowest BCUT2D eigenvalue weighted by Gasteiger charge is -2.22. The van der Waals surface area contributed by atoms with Crippen molar-refractivity contribution in [2.24, 2.45) is 5.73 Å². The van der Waals surface area contributed by atoms with Crippen LogP contribution in [-0.4, -0.2) is 50.6 Å². The summed E-state index contributed by atoms with van der Waals surface area (Å²) in [6.45, 7) is 5.32. The van der Waals surface area contributed by atoms with Gasteiger partial charge in [0.1, 0.15) is 0 Å². The average Bonchev–Trinajstić information content (AvgIpc) is 2.38. The van der Waals surface area contributed by atoms with Crippen molar-refractivity contribution < 1.29 is 0 Å². The molecule has 3 heteroatoms. The highest BCUT2D eigenvalue weighted by atomic mass is 15.1. The van der Waals surface area contributed by atoms with Gasteiger partial charge in [-0.3, -0.25) is 0 Å². The van der Waals surface area contributed by atoms with E-state index >= 15 is 0 Å². The van der Waals surface area contributed by atoms with Crippen LogP contribution in [0.1, 0.15) is 30.5 Å². The Morgan fingerprint density at radius 3 is 2.21 bits per heavy atom. The molecule has 0 radical (unpaired) electrons. The second-order valence-corrected chi connectivity index (χ2v) is 5.62. The van der Waals surface area contributed by atoms with Crippen molar-refractivity contribution in [1.29, 1.82) is 0 Å². The van der Waals surface area contributed by atoms with Gasteiger partial charge in [-0.25, -0.2) is 0 Å². The zero-order chi connectivity index (χ0) is 14.3. The molecule has 0 amide bonds. The molecule has 3 nitrogen and oxygen atoms in total. The molecule has 0 saturated heterocycles. The minimum Gasteiger partial charge on any atom is -0.323 e. The molecular weight excluding hydrogens is 234 g/mol. The molecule has 1 rings (SSSR count). The van der Waals surface area contributed by atoms with Gasteiger partial charge in [-0.15, -0.1) is 0 Å². The van der Waals surface area contributed by atoms with Crippen LogP contribution in [0.3, 0.4) is 0 Å². The predicted octanol–water partition coefficient (Wildman–Crippen LogP) is 2.13. The number of nitrogens with zero attached hydrogens (tertiary/aromatic N) is 2. The van der Waals surface area contributed by atoms with E-state index in [-0.39, 0.29) is 6.04 Å². The van der Waals surface area contributed by atoms with Gasteiger partial charge < -0.3 is 15.5 Å². The lowest BCUT2D eigenvalue weighted by Crippen LogP contribution is -2.31. The monoisotopic (exact) mass is 263 g/mol. The Kier molecular flexibility index (Phi) is 7.06. The van der Waals surface area contributed by atoms with Crippen molar-refractivity contribution in [3.05, 3.63) is 35.4 Å². The third kappa shape index (κ3) is 6.19. The number of nitrogens with two attached hydrogens (primary N) is 1. The second-order valence-electron chi connectivity index (χ2n) is 5.62. The van der Waals surface area contributed by atoms with Crippen LogP contribution < -0.4 is 5.73 Å². The van der Waals surface area contributed by atoms with Crippen LogP contribution in [0, 0.1) is 0 Å². The van der Waals surface area contributed by atoms with Gasteiger partial charge >= 0.3 is 0 Å². The summed E-state index contributed by atoms with van der Waals surface area (Å²) < 4.78 is 0. The normalized spacial score (nSPS) is 13.2. The highest BCUT2D eigenvalue weighted by molar-refractivity contribution is 5.25. The van der Waals surface area contributed by atoms with Gasteiger partial charge in [-0.1, -0.05) is 31.2 Å². The average molecular weight is 263 g/mol. The van der Waals surface area contributed by atoms with Crippen molar-refractivity contribution in [2.75, 3.05) is 40.8 Å². The fourth-order valence-corrected chi connectivity index (χ4v) is 2.19. The van der Waals surface area contributed by atoms with Gasteiger partial charge in [0.05, 0.1) is 0 Å². The van der Waals surface area contributed by atoms with E-state index < -0.39 is 0 Å². The molecule has 0 aromatic heterocycles. The van der Waals surface area contributed by atoms with Gasteiger partial charge in [-0.2, -0.15) is 0 Å². The Morgan fingerprint density at radius 1 is 1.05 bits per heavy atom. The third-order valence-corrected chi connectivity index (χ3v) is 3.47. The van der Waals surface area contributed by atoms with Crippen molar-refractivity contribution in [1.82, 2.24) is 9.80 Å². The van der Waals surface area contributed by atoms with Gasteiger partial charge in [0, 0.05) is 12.6 Å². The molecule has 0 aliphatic rings. The molecule has 1 atom stereocenters. The molecule has 1 aromatic carbocycles. The smallest absolute Gasteiger partial charge is 0.0424 e. The van der Waals surface area contributed by atoms with Crippen LogP contribution in [0.5, 0.6) is 0 Å². The second kappa shape index (κ2) is 8.31. The Morgan fingerprint density at radius 2 is 1.68 bits per heavy atom. The van der Waals surface area contributed by atoms with Crippen LogP contribution in [-0.2, 0) is 6.42 Å². The Balaban J connectivity index is 2.38. The van der Waals surface area contributed by atoms with Crippen LogP contribution >= 0.6 is 0 Å². The van der Waals surface area contributed by atoms with Crippen LogP contribution in [0.15, 0.2) is 24.3 Å². The molecule has 1 aromatic rings. The SMILES string of the molecule is CCc1ccc(C(N)CN(C)CCCN(C)C)cc1. The van der Waals surface area contributed by atoms with E-state index in [4.69, 9.17) is 5.73 Å². The number of benzene rings is 1. The van der Waals surface area contributed by atoms with E-state index in [9.17, 15) is 0 Å². The standard InChI is InChI=1S/C16H29N3/c1-5-14-7-9-15(10-8-14)16(17)13-19(4)12-6-11-18(2)3/h7-10,16H,5-6,11-13,17H2,1-4H3. The van der Waals surface area contributed by atoms with Gasteiger partial charge in [0.2, 0.25) is 0 Å². The first-order chi connectivity index (χ1) is 9.02. The fraction of sp³-hybridized carbons (Fsp3) is 0.625. The lowest BCUT2D eigenvalue weighted by molar-refractivity contribution is 0.286. The van der Waals surface area contributed by atoms with Crippen LogP contribution in [0.4, 0.5) is 0 Å². The molecule has 108 valence electrons. The van der Waals surface area contributed by atoms with Crippen molar-refractivity contribution in [3.63, 3.8) is 0 Å². The Bertz CT molecular complexity index is 346. The molecule has 0 spiro atoms. The molecule has 0 aliphatic heterocycles. The lowest BCUT2D eigenvalue weighted by atomic mass is 10.0. The number of aryl methyl sites for hydroxylation is 1. The molecule has 0 bridgehead atoms. The van der Waals surface area contributed by atoms with E-state index in [2.05, 4.69) is 62.1 Å². The summed E-state index contributed by atoms with van der Waals surface area (Å²) in [5, 5.41) is 0. The number of hydrogen-bond donors (Lipinski definition) is 1. The molecular formula is C16H29N3. The quantitative estimate of drug-likeness (QED) is 0.780. The number of rotatable bonds is 8. The zero-order valence-electron chi connectivity index (χ0n) is 12.9. The van der Waals surface area contributed by atoms with Crippen molar-refractivity contribution >= 4 is 0 Å². The van der Waals surface area contributed by atoms with E-state index in [0.717, 1.165) is 26.1 Å². The molecule has 19 heavy (non-hydrogen) atoms. The highest BCUT2D eigenvalue weighted by Gasteiger charge is 2.09. The topological polar surface area (TPSA) is 32.5 Å². The largest absolute Gasteiger partial charge is 0.323 e. The maximum atomic E-state index is 6.27. The summed E-state index contributed by atoms with van der Waals surface area (Å²) in [6, 6.07) is 8.80. The number of hydrogen-bond acceptors (Lipinski definition) is 3. The maximum absolute atomic E-state index is 6.27. The first-order valence-electron chi connectivity index (χ1n) is 7.20. The molecule has 0 aliphatic carbocycles. The third-order valence-electron chi connectivity index (χ3n) is 3.47. The summed E-state index contributed by atoms with van der Waals surface area (Å²) in [5.74, 6) is 0. The maximum Gasteiger partial charge on any atom is 0.0424 e. The fourth-order valence-electron chi connectivity index (χ4n) is 2.19. The minimum absolute atomic E-state index is 0.107. The van der Waals surface area contributed by atoms with E-state index in [1.807, 2.05) is 0 Å². The zero-order valence-corrected chi connectivity index (χ0v) is 12.9. The Labute approximate surface area is 118 Å². The van der Waals surface area contributed by atoms with Gasteiger partial charge in [-0.05, 0) is 58.2 Å². The highest BCUT2D eigenvalue weighted by Crippen LogP contribution is 2.13. The van der Waals surface area contributed by atoms with Crippen molar-refractivity contribution in [3.8, 4) is 0 Å². The molecule has 0 saturated carbocycles. The van der Waals surface area contributed by atoms with Crippen LogP contribution in [0.25, 0.3) is 0 Å². The summed E-state index contributed by atoms with van der Waals surface area (Å²) in [4.78, 5) is 4.54. The molecule has 0 heterocycles. The molecule has 1 unspecified atom stereocenters. The predicted molar refractivity (Wildman–Crippen MR) is 83.4 cm³/mol. The van der Waals surface area contributed by atoms with E-state index in [1.165, 1.54) is 17.5 Å². The van der Waals surface area contributed by atoms with Crippen molar-refractivity contribution in [2.45, 2.75) is 25.8 Å². The van der Waals surface area contributed by atoms with Gasteiger partial charge in [0.25, 0.3) is 0 Å². The van der Waals surface area contributed by atoms with Crippen LogP contribution in [0.2, 0.25) is 0 Å². The first kappa shape index (κ1) is 16.2. The first-order valence-corrected chi connectivity index (χ1v) is 7.20. The van der Waals surface area contributed by atoms with Gasteiger partial charge in [0.15, 0.2) is 0 Å². The number of likely N-dealkylation sites (N-methyl/N-ethyl adjacent to an activating group) is 1.